The van der Waals surface area contributed by atoms with Crippen LogP contribution in [-0.2, 0) is 6.54 Å². The molecule has 3 rings (SSSR count). The van der Waals surface area contributed by atoms with Crippen molar-refractivity contribution >= 4 is 17.2 Å². The van der Waals surface area contributed by atoms with E-state index in [4.69, 9.17) is 0 Å². The Bertz CT molecular complexity index is 723. The average Bonchev–Trinajstić information content (AvgIpc) is 3.04. The maximum absolute atomic E-state index is 12.1. The Hall–Kier alpha value is -2.46. The molecule has 0 radical (unpaired) electrons. The minimum absolute atomic E-state index is 0.0378. The van der Waals surface area contributed by atoms with E-state index in [1.807, 2.05) is 54.6 Å². The highest BCUT2D eigenvalue weighted by Gasteiger charge is 2.09. The number of rotatable bonds is 4. The standard InChI is InChI=1S/C17H14N2OS/c20-17(19-12-13-4-2-1-3-5-13)16-7-6-15(21-16)14-8-10-18-11-9-14/h1-11H,12H2,(H,19,20). The number of amides is 1. The molecule has 0 fully saturated rings. The van der Waals surface area contributed by atoms with Crippen molar-refractivity contribution in [3.63, 3.8) is 0 Å². The van der Waals surface area contributed by atoms with E-state index >= 15 is 0 Å². The minimum Gasteiger partial charge on any atom is -0.347 e. The van der Waals surface area contributed by atoms with Gasteiger partial charge < -0.3 is 5.32 Å². The molecule has 0 aliphatic heterocycles. The lowest BCUT2D eigenvalue weighted by atomic mass is 10.2. The van der Waals surface area contributed by atoms with Gasteiger partial charge in [-0.3, -0.25) is 9.78 Å². The van der Waals surface area contributed by atoms with Crippen LogP contribution in [0.5, 0.6) is 0 Å². The number of benzene rings is 1. The average molecular weight is 294 g/mol. The molecule has 1 aromatic carbocycles. The van der Waals surface area contributed by atoms with Gasteiger partial charge in [-0.15, -0.1) is 11.3 Å². The number of hydrogen-bond donors (Lipinski definition) is 1. The highest BCUT2D eigenvalue weighted by molar-refractivity contribution is 7.17. The van der Waals surface area contributed by atoms with E-state index in [1.165, 1.54) is 11.3 Å². The molecule has 1 N–H and O–H groups in total. The van der Waals surface area contributed by atoms with Gasteiger partial charge in [-0.2, -0.15) is 0 Å². The molecule has 2 aromatic heterocycles. The van der Waals surface area contributed by atoms with E-state index in [9.17, 15) is 4.79 Å². The summed E-state index contributed by atoms with van der Waals surface area (Å²) < 4.78 is 0. The van der Waals surface area contributed by atoms with Crippen LogP contribution in [0.3, 0.4) is 0 Å². The molecule has 4 heteroatoms. The summed E-state index contributed by atoms with van der Waals surface area (Å²) >= 11 is 1.49. The molecule has 21 heavy (non-hydrogen) atoms. The van der Waals surface area contributed by atoms with Crippen LogP contribution in [0.1, 0.15) is 15.2 Å². The summed E-state index contributed by atoms with van der Waals surface area (Å²) in [6, 6.07) is 17.6. The van der Waals surface area contributed by atoms with Gasteiger partial charge in [-0.05, 0) is 35.4 Å². The Morgan fingerprint density at radius 2 is 1.76 bits per heavy atom. The lowest BCUT2D eigenvalue weighted by Crippen LogP contribution is -2.21. The van der Waals surface area contributed by atoms with Gasteiger partial charge in [0.15, 0.2) is 0 Å². The largest absolute Gasteiger partial charge is 0.347 e. The van der Waals surface area contributed by atoms with E-state index in [1.54, 1.807) is 12.4 Å². The first-order chi connectivity index (χ1) is 10.3. The number of aromatic nitrogens is 1. The van der Waals surface area contributed by atoms with E-state index in [0.29, 0.717) is 6.54 Å². The number of carbonyl (C=O) groups excluding carboxylic acids is 1. The predicted octanol–water partition coefficient (Wildman–Crippen LogP) is 3.74. The van der Waals surface area contributed by atoms with Gasteiger partial charge in [0.1, 0.15) is 0 Å². The molecular formula is C17H14N2OS. The predicted molar refractivity (Wildman–Crippen MR) is 85.2 cm³/mol. The zero-order valence-electron chi connectivity index (χ0n) is 11.3. The van der Waals surface area contributed by atoms with Crippen molar-refractivity contribution < 1.29 is 4.79 Å². The molecule has 0 aliphatic carbocycles. The number of hydrogen-bond acceptors (Lipinski definition) is 3. The fourth-order valence-electron chi connectivity index (χ4n) is 2.00. The zero-order chi connectivity index (χ0) is 14.5. The summed E-state index contributed by atoms with van der Waals surface area (Å²) in [7, 11) is 0. The van der Waals surface area contributed by atoms with Crippen molar-refractivity contribution in [3.8, 4) is 10.4 Å². The lowest BCUT2D eigenvalue weighted by molar-refractivity contribution is 0.0955. The van der Waals surface area contributed by atoms with Crippen LogP contribution in [0.25, 0.3) is 10.4 Å². The molecule has 0 saturated carbocycles. The van der Waals surface area contributed by atoms with E-state index in [2.05, 4.69) is 10.3 Å². The highest BCUT2D eigenvalue weighted by Crippen LogP contribution is 2.27. The van der Waals surface area contributed by atoms with Crippen LogP contribution in [-0.4, -0.2) is 10.9 Å². The molecule has 0 aliphatic rings. The maximum atomic E-state index is 12.1. The third-order valence-electron chi connectivity index (χ3n) is 3.09. The minimum atomic E-state index is -0.0378. The number of carbonyl (C=O) groups is 1. The summed E-state index contributed by atoms with van der Waals surface area (Å²) in [5.74, 6) is -0.0378. The molecule has 3 aromatic rings. The SMILES string of the molecule is O=C(NCc1ccccc1)c1ccc(-c2ccncc2)s1. The van der Waals surface area contributed by atoms with Crippen molar-refractivity contribution in [2.45, 2.75) is 6.54 Å². The van der Waals surface area contributed by atoms with E-state index in [0.717, 1.165) is 20.9 Å². The zero-order valence-corrected chi connectivity index (χ0v) is 12.1. The van der Waals surface area contributed by atoms with Gasteiger partial charge in [0.2, 0.25) is 0 Å². The molecule has 0 spiro atoms. The summed E-state index contributed by atoms with van der Waals surface area (Å²) in [6.07, 6.45) is 3.51. The first-order valence-electron chi connectivity index (χ1n) is 6.65. The van der Waals surface area contributed by atoms with Gasteiger partial charge in [0, 0.05) is 23.8 Å². The van der Waals surface area contributed by atoms with Crippen LogP contribution >= 0.6 is 11.3 Å². The molecule has 0 bridgehead atoms. The van der Waals surface area contributed by atoms with Gasteiger partial charge in [0.05, 0.1) is 4.88 Å². The second-order valence-corrected chi connectivity index (χ2v) is 5.65. The van der Waals surface area contributed by atoms with E-state index in [-0.39, 0.29) is 5.91 Å². The molecule has 1 amide bonds. The number of thiophene rings is 1. The number of nitrogens with one attached hydrogen (secondary N) is 1. The van der Waals surface area contributed by atoms with Crippen LogP contribution in [0.4, 0.5) is 0 Å². The topological polar surface area (TPSA) is 42.0 Å². The molecule has 0 atom stereocenters. The lowest BCUT2D eigenvalue weighted by Gasteiger charge is -2.03. The first-order valence-corrected chi connectivity index (χ1v) is 7.47. The third kappa shape index (κ3) is 3.35. The molecule has 2 heterocycles. The Morgan fingerprint density at radius 3 is 2.52 bits per heavy atom. The smallest absolute Gasteiger partial charge is 0.261 e. The van der Waals surface area contributed by atoms with Crippen molar-refractivity contribution in [1.29, 1.82) is 0 Å². The van der Waals surface area contributed by atoms with Crippen molar-refractivity contribution in [3.05, 3.63) is 77.4 Å². The summed E-state index contributed by atoms with van der Waals surface area (Å²) in [5, 5.41) is 2.94. The first kappa shape index (κ1) is 13.5. The van der Waals surface area contributed by atoms with Crippen LogP contribution in [0.2, 0.25) is 0 Å². The van der Waals surface area contributed by atoms with Crippen molar-refractivity contribution in [1.82, 2.24) is 10.3 Å². The van der Waals surface area contributed by atoms with E-state index < -0.39 is 0 Å². The highest BCUT2D eigenvalue weighted by atomic mass is 32.1. The van der Waals surface area contributed by atoms with Gasteiger partial charge >= 0.3 is 0 Å². The third-order valence-corrected chi connectivity index (χ3v) is 4.22. The molecule has 0 saturated heterocycles. The van der Waals surface area contributed by atoms with Gasteiger partial charge in [0.25, 0.3) is 5.91 Å². The van der Waals surface area contributed by atoms with Crippen LogP contribution in [0, 0.1) is 0 Å². The second kappa shape index (κ2) is 6.33. The molecule has 104 valence electrons. The number of nitrogens with zero attached hydrogens (tertiary/aromatic N) is 1. The number of pyridine rings is 1. The summed E-state index contributed by atoms with van der Waals surface area (Å²) in [5.41, 5.74) is 2.17. The Balaban J connectivity index is 1.67. The molecular weight excluding hydrogens is 280 g/mol. The Morgan fingerprint density at radius 1 is 1.00 bits per heavy atom. The Kier molecular flexibility index (Phi) is 4.07. The summed E-state index contributed by atoms with van der Waals surface area (Å²) in [4.78, 5) is 17.9. The normalized spacial score (nSPS) is 10.3. The fourth-order valence-corrected chi connectivity index (χ4v) is 2.92. The second-order valence-electron chi connectivity index (χ2n) is 4.57. The van der Waals surface area contributed by atoms with Gasteiger partial charge in [-0.25, -0.2) is 0 Å². The molecule has 0 unspecified atom stereocenters. The van der Waals surface area contributed by atoms with Crippen molar-refractivity contribution in [2.75, 3.05) is 0 Å². The molecule has 3 nitrogen and oxygen atoms in total. The van der Waals surface area contributed by atoms with Gasteiger partial charge in [-0.1, -0.05) is 30.3 Å². The summed E-state index contributed by atoms with van der Waals surface area (Å²) in [6.45, 7) is 0.544. The van der Waals surface area contributed by atoms with Crippen molar-refractivity contribution in [2.24, 2.45) is 0 Å². The monoisotopic (exact) mass is 294 g/mol. The fraction of sp³-hybridized carbons (Fsp3) is 0.0588. The quantitative estimate of drug-likeness (QED) is 0.796. The Labute approximate surface area is 127 Å². The van der Waals surface area contributed by atoms with Crippen LogP contribution in [0.15, 0.2) is 67.0 Å². The van der Waals surface area contributed by atoms with Crippen LogP contribution < -0.4 is 5.32 Å². The maximum Gasteiger partial charge on any atom is 0.261 e.